The van der Waals surface area contributed by atoms with Gasteiger partial charge in [-0.15, -0.1) is 0 Å². The van der Waals surface area contributed by atoms with Gasteiger partial charge < -0.3 is 20.0 Å². The molecular weight excluding hydrogens is 716 g/mol. The number of carbonyl (C=O) groups excluding carboxylic acids is 4. The molecule has 0 aliphatic heterocycles. The molecule has 5 saturated carbocycles. The number of esters is 1. The number of carboxylic acids is 1. The Balaban J connectivity index is 0.00000561. The summed E-state index contributed by atoms with van der Waals surface area (Å²) in [6.07, 6.45) is 8.39. The maximum Gasteiger partial charge on any atom is 1.00 e. The quantitative estimate of drug-likeness (QED) is 0.281. The zero-order chi connectivity index (χ0) is 39.7. The van der Waals surface area contributed by atoms with Crippen LogP contribution in [0.5, 0.6) is 0 Å². The van der Waals surface area contributed by atoms with Crippen molar-refractivity contribution >= 4 is 33.7 Å². The number of rotatable bonds is 8. The van der Waals surface area contributed by atoms with Crippen LogP contribution in [-0.2, 0) is 33.9 Å². The molecule has 1 amide bonds. The Labute approximate surface area is 346 Å². The fourth-order valence-electron chi connectivity index (χ4n) is 13.8. The summed E-state index contributed by atoms with van der Waals surface area (Å²) in [4.78, 5) is 53.1. The summed E-state index contributed by atoms with van der Waals surface area (Å²) >= 11 is 0. The molecule has 12 heteroatoms. The molecule has 0 aromatic rings. The summed E-state index contributed by atoms with van der Waals surface area (Å²) in [6.45, 7) is 22.9. The summed E-state index contributed by atoms with van der Waals surface area (Å²) in [7, 11) is -3.66. The molecule has 2 N–H and O–H groups in total. The molecule has 54 heavy (non-hydrogen) atoms. The third kappa shape index (κ3) is 6.43. The van der Waals surface area contributed by atoms with Crippen LogP contribution in [0.4, 0.5) is 0 Å². The van der Waals surface area contributed by atoms with Crippen LogP contribution in [0.3, 0.4) is 0 Å². The van der Waals surface area contributed by atoms with Gasteiger partial charge in [0, 0.05) is 23.7 Å². The van der Waals surface area contributed by atoms with Crippen LogP contribution >= 0.6 is 0 Å². The molecule has 298 valence electrons. The van der Waals surface area contributed by atoms with Crippen molar-refractivity contribution in [3.63, 3.8) is 0 Å². The fourth-order valence-corrected chi connectivity index (χ4v) is 14.8. The zero-order valence-corrected chi connectivity index (χ0v) is 38.1. The van der Waals surface area contributed by atoms with Gasteiger partial charge in [0.2, 0.25) is 15.9 Å². The number of carbonyl (C=O) groups is 4. The first-order valence-corrected chi connectivity index (χ1v) is 22.0. The van der Waals surface area contributed by atoms with Crippen LogP contribution in [0.1, 0.15) is 140 Å². The minimum atomic E-state index is -3.66. The zero-order valence-electron chi connectivity index (χ0n) is 35.3. The van der Waals surface area contributed by atoms with Crippen molar-refractivity contribution in [3.05, 3.63) is 11.1 Å². The maximum atomic E-state index is 14.0. The Morgan fingerprint density at radius 2 is 1.48 bits per heavy atom. The van der Waals surface area contributed by atoms with Gasteiger partial charge in [-0.3, -0.25) is 14.4 Å². The van der Waals surface area contributed by atoms with E-state index >= 15 is 0 Å². The second-order valence-electron chi connectivity index (χ2n) is 21.0. The number of ether oxygens (including phenoxy) is 1. The van der Waals surface area contributed by atoms with Crippen LogP contribution in [0.15, 0.2) is 11.1 Å². The van der Waals surface area contributed by atoms with Crippen molar-refractivity contribution < 1.29 is 67.0 Å². The second-order valence-corrected chi connectivity index (χ2v) is 22.7. The van der Waals surface area contributed by atoms with E-state index in [-0.39, 0.29) is 93.8 Å². The van der Waals surface area contributed by atoms with Gasteiger partial charge in [-0.25, -0.2) is 13.1 Å². The third-order valence-corrected chi connectivity index (χ3v) is 17.7. The largest absolute Gasteiger partial charge is 1.00 e. The van der Waals surface area contributed by atoms with Gasteiger partial charge >= 0.3 is 35.5 Å². The first-order chi connectivity index (χ1) is 24.1. The van der Waals surface area contributed by atoms with Crippen molar-refractivity contribution in [2.24, 2.45) is 62.6 Å². The molecule has 0 saturated heterocycles. The summed E-state index contributed by atoms with van der Waals surface area (Å²) < 4.78 is 33.2. The van der Waals surface area contributed by atoms with Gasteiger partial charge in [0.15, 0.2) is 5.78 Å². The Hall–Kier alpha value is -1.27. The molecule has 0 aromatic carbocycles. The number of hydrogen-bond donors (Lipinski definition) is 2. The molecule has 6 aliphatic carbocycles. The van der Waals surface area contributed by atoms with Gasteiger partial charge in [-0.2, -0.15) is 0 Å². The van der Waals surface area contributed by atoms with Gasteiger partial charge in [-0.1, -0.05) is 62.3 Å². The van der Waals surface area contributed by atoms with Gasteiger partial charge in [0.1, 0.15) is 11.6 Å². The molecule has 0 heterocycles. The fraction of sp³-hybridized carbons (Fsp3) is 0.857. The van der Waals surface area contributed by atoms with Gasteiger partial charge in [-0.05, 0) is 128 Å². The number of fused-ring (bicyclic) bond motifs is 7. The third-order valence-electron chi connectivity index (χ3n) is 16.8. The average molecular weight is 781 g/mol. The van der Waals surface area contributed by atoms with E-state index in [1.165, 1.54) is 0 Å². The van der Waals surface area contributed by atoms with Gasteiger partial charge in [0.05, 0.1) is 17.7 Å². The Morgan fingerprint density at radius 3 is 2.04 bits per heavy atom. The topological polar surface area (TPSA) is 159 Å². The number of allylic oxidation sites excluding steroid dienone is 1. The number of hydrogen-bond acceptors (Lipinski definition) is 8. The summed E-state index contributed by atoms with van der Waals surface area (Å²) in [5.74, 6) is -1.96. The van der Waals surface area contributed by atoms with Crippen LogP contribution in [0.2, 0.25) is 0 Å². The smallest absolute Gasteiger partial charge is 0.550 e. The Morgan fingerprint density at radius 1 is 0.852 bits per heavy atom. The number of Topliss-reactive ketones (excluding diaryl/α,β-unsaturated/α-hetero) is 1. The second kappa shape index (κ2) is 13.7. The van der Waals surface area contributed by atoms with E-state index in [0.29, 0.717) is 18.3 Å². The van der Waals surface area contributed by atoms with Gasteiger partial charge in [0.25, 0.3) is 0 Å². The average Bonchev–Trinajstić information content (AvgIpc) is 3.28. The minimum absolute atomic E-state index is 0. The SMILES string of the molecule is CC(C)C1=C2[C@H]3CC[C@@H]4[C@@]5(C)CC[C@H](OC(=O)[C@H]6C[C@@H](C(=O)[O-])C6(C)C)C(C)(C)[C@@H]5CC[C@@]4(C)[C@]3(C)CC[C@@]2(NC(=O)C(C)(C)NS(C)(=O)=O)CC1=O.[Na+]. The van der Waals surface area contributed by atoms with Crippen molar-refractivity contribution in [2.75, 3.05) is 6.26 Å². The van der Waals surface area contributed by atoms with E-state index in [2.05, 4.69) is 58.5 Å². The van der Waals surface area contributed by atoms with Crippen LogP contribution in [0, 0.1) is 62.6 Å². The number of sulfonamides is 1. The number of ketones is 1. The molecule has 0 spiro atoms. The summed E-state index contributed by atoms with van der Waals surface area (Å²) in [5.41, 5.74) is -1.40. The number of carboxylic acid groups (broad SMARTS) is 1. The first-order valence-electron chi connectivity index (χ1n) is 20.1. The number of nitrogens with one attached hydrogen (secondary N) is 2. The van der Waals surface area contributed by atoms with E-state index in [4.69, 9.17) is 4.74 Å². The normalized spacial score (nSPS) is 40.9. The predicted octanol–water partition coefficient (Wildman–Crippen LogP) is 2.49. The van der Waals surface area contributed by atoms with E-state index < -0.39 is 50.2 Å². The van der Waals surface area contributed by atoms with Crippen molar-refractivity contribution in [1.29, 1.82) is 0 Å². The number of amides is 1. The monoisotopic (exact) mass is 780 g/mol. The van der Waals surface area contributed by atoms with Crippen LogP contribution < -0.4 is 44.7 Å². The standard InChI is InChI=1S/C42H66N2O8S.Na/c1-23(2)31-27(45)22-42(43-35(49)38(7,8)44-53(12,50)51)20-19-40(10)24(32(31)42)13-14-29-39(9)17-16-30(37(5,6)28(39)15-18-41(29,40)11)52-34(48)26-21-25(33(46)47)36(26,3)4;/h23-26,28-30,44H,13-22H2,1-12H3,(H,43,49)(H,46,47);/q;+1/p-1/t24-,25+,26-,28+,29-,30+,39+,40-,41-,42-;/m1./s1. The van der Waals surface area contributed by atoms with E-state index in [1.807, 2.05) is 13.8 Å². The summed E-state index contributed by atoms with van der Waals surface area (Å²) in [5, 5.41) is 14.9. The molecule has 10 atom stereocenters. The Kier molecular flexibility index (Phi) is 11.1. The molecule has 10 nitrogen and oxygen atoms in total. The van der Waals surface area contributed by atoms with Crippen LogP contribution in [0.25, 0.3) is 0 Å². The van der Waals surface area contributed by atoms with Crippen LogP contribution in [-0.4, -0.2) is 55.5 Å². The summed E-state index contributed by atoms with van der Waals surface area (Å²) in [6, 6.07) is 0. The first kappa shape index (κ1) is 43.8. The molecule has 0 aromatic heterocycles. The molecule has 6 aliphatic rings. The molecule has 0 radical (unpaired) electrons. The molecule has 6 rings (SSSR count). The molecular formula is C42H65N2NaO8S. The van der Waals surface area contributed by atoms with E-state index in [0.717, 1.165) is 62.3 Å². The van der Waals surface area contributed by atoms with Crippen molar-refractivity contribution in [1.82, 2.24) is 10.0 Å². The molecule has 0 unspecified atom stereocenters. The molecule has 0 bridgehead atoms. The minimum Gasteiger partial charge on any atom is -0.550 e. The predicted molar refractivity (Wildman–Crippen MR) is 200 cm³/mol. The van der Waals surface area contributed by atoms with E-state index in [9.17, 15) is 32.7 Å². The van der Waals surface area contributed by atoms with E-state index in [1.54, 1.807) is 13.8 Å². The number of aliphatic carboxylic acids is 1. The maximum absolute atomic E-state index is 14.0. The van der Waals surface area contributed by atoms with Crippen molar-refractivity contribution in [2.45, 2.75) is 158 Å². The Bertz CT molecular complexity index is 1750. The van der Waals surface area contributed by atoms with Crippen molar-refractivity contribution in [3.8, 4) is 0 Å². The molecule has 5 fully saturated rings.